The molecule has 10 heteroatoms. The van der Waals surface area contributed by atoms with Gasteiger partial charge in [0.05, 0.1) is 17.3 Å². The molecule has 0 bridgehead atoms. The maximum Gasteiger partial charge on any atom is 0.237 e. The summed E-state index contributed by atoms with van der Waals surface area (Å²) in [5.74, 6) is 2.30. The van der Waals surface area contributed by atoms with E-state index in [2.05, 4.69) is 38.9 Å². The Kier molecular flexibility index (Phi) is 4.90. The molecule has 3 aromatic heterocycles. The number of nitrogens with zero attached hydrogens (tertiary/aromatic N) is 8. The van der Waals surface area contributed by atoms with Crippen LogP contribution in [0.15, 0.2) is 43.1 Å². The third kappa shape index (κ3) is 3.16. The fraction of sp³-hybridized carbons (Fsp3) is 0.286. The number of rotatable bonds is 5. The predicted molar refractivity (Wildman–Crippen MR) is 115 cm³/mol. The lowest BCUT2D eigenvalue weighted by Gasteiger charge is -2.36. The number of hydrogen-bond donors (Lipinski definition) is 0. The predicted octanol–water partition coefficient (Wildman–Crippen LogP) is 4.38. The van der Waals surface area contributed by atoms with Crippen molar-refractivity contribution in [1.29, 1.82) is 0 Å². The summed E-state index contributed by atoms with van der Waals surface area (Å²) in [6, 6.07) is 4.31. The van der Waals surface area contributed by atoms with Gasteiger partial charge in [0.1, 0.15) is 23.7 Å². The second kappa shape index (κ2) is 7.73. The molecule has 8 nitrogen and oxygen atoms in total. The topological polar surface area (TPSA) is 77.5 Å². The number of fused-ring (bicyclic) bond motifs is 3. The summed E-state index contributed by atoms with van der Waals surface area (Å²) in [7, 11) is 0. The van der Waals surface area contributed by atoms with Crippen LogP contribution in [0.1, 0.15) is 38.6 Å². The summed E-state index contributed by atoms with van der Waals surface area (Å²) in [6.45, 7) is 5.09. The number of halogens is 2. The number of anilines is 1. The molecule has 0 N–H and O–H groups in total. The Morgan fingerprint density at radius 2 is 2.03 bits per heavy atom. The molecule has 1 atom stereocenters. The normalized spacial score (nSPS) is 15.1. The lowest BCUT2D eigenvalue weighted by molar-refractivity contribution is 0.533. The zero-order valence-corrected chi connectivity index (χ0v) is 17.8. The smallest absolute Gasteiger partial charge is 0.237 e. The van der Waals surface area contributed by atoms with E-state index in [9.17, 15) is 4.39 Å². The van der Waals surface area contributed by atoms with Crippen LogP contribution in [0.2, 0.25) is 5.02 Å². The summed E-state index contributed by atoms with van der Waals surface area (Å²) in [5, 5.41) is 8.72. The van der Waals surface area contributed by atoms with Gasteiger partial charge in [0, 0.05) is 24.5 Å². The van der Waals surface area contributed by atoms with Gasteiger partial charge in [-0.3, -0.25) is 9.13 Å². The van der Waals surface area contributed by atoms with Gasteiger partial charge in [0.15, 0.2) is 11.6 Å². The maximum atomic E-state index is 13.5. The summed E-state index contributed by atoms with van der Waals surface area (Å²) in [5.41, 5.74) is 1.44. The Bertz CT molecular complexity index is 1250. The summed E-state index contributed by atoms with van der Waals surface area (Å²) in [4.78, 5) is 16.2. The van der Waals surface area contributed by atoms with Crippen molar-refractivity contribution >= 4 is 17.4 Å². The summed E-state index contributed by atoms with van der Waals surface area (Å²) in [6.07, 6.45) is 8.72. The van der Waals surface area contributed by atoms with Crippen LogP contribution in [0.5, 0.6) is 0 Å². The van der Waals surface area contributed by atoms with Gasteiger partial charge in [0.25, 0.3) is 0 Å². The van der Waals surface area contributed by atoms with Crippen molar-refractivity contribution in [3.63, 3.8) is 0 Å². The quantitative estimate of drug-likeness (QED) is 0.460. The van der Waals surface area contributed by atoms with E-state index in [0.29, 0.717) is 17.3 Å². The highest BCUT2D eigenvalue weighted by atomic mass is 35.5. The molecule has 0 saturated heterocycles. The van der Waals surface area contributed by atoms with Gasteiger partial charge < -0.3 is 4.90 Å². The average molecular weight is 439 g/mol. The SMILES string of the molecule is CCCN1c2nc(-n3ccnc3-c3ccc(F)cc3Cl)ncc2-n2cnnc2[C@H]1CC. The van der Waals surface area contributed by atoms with Crippen LogP contribution in [0, 0.1) is 5.82 Å². The van der Waals surface area contributed by atoms with E-state index in [4.69, 9.17) is 16.6 Å². The van der Waals surface area contributed by atoms with Crippen molar-refractivity contribution in [1.82, 2.24) is 34.3 Å². The van der Waals surface area contributed by atoms with Crippen molar-refractivity contribution in [2.45, 2.75) is 32.7 Å². The molecule has 0 fully saturated rings. The van der Waals surface area contributed by atoms with Gasteiger partial charge in [-0.25, -0.2) is 14.4 Å². The van der Waals surface area contributed by atoms with Crippen molar-refractivity contribution in [3.05, 3.63) is 59.8 Å². The monoisotopic (exact) mass is 438 g/mol. The number of aromatic nitrogens is 7. The highest BCUT2D eigenvalue weighted by molar-refractivity contribution is 6.33. The third-order valence-corrected chi connectivity index (χ3v) is 5.71. The first-order valence-electron chi connectivity index (χ1n) is 10.2. The number of hydrogen-bond acceptors (Lipinski definition) is 6. The first-order chi connectivity index (χ1) is 15.1. The molecule has 0 aliphatic carbocycles. The van der Waals surface area contributed by atoms with Gasteiger partial charge >= 0.3 is 0 Å². The van der Waals surface area contributed by atoms with E-state index in [0.717, 1.165) is 36.7 Å². The average Bonchev–Trinajstić information content (AvgIpc) is 3.44. The Balaban J connectivity index is 1.65. The molecule has 4 aromatic rings. The molecular weight excluding hydrogens is 419 g/mol. The molecule has 0 saturated carbocycles. The second-order valence-electron chi connectivity index (χ2n) is 7.30. The molecule has 1 aliphatic heterocycles. The molecule has 31 heavy (non-hydrogen) atoms. The lowest BCUT2D eigenvalue weighted by atomic mass is 10.1. The molecule has 1 aliphatic rings. The van der Waals surface area contributed by atoms with Crippen LogP contribution in [0.25, 0.3) is 23.0 Å². The van der Waals surface area contributed by atoms with E-state index in [1.165, 1.54) is 12.1 Å². The first kappa shape index (κ1) is 19.6. The van der Waals surface area contributed by atoms with Crippen molar-refractivity contribution in [2.24, 2.45) is 0 Å². The minimum atomic E-state index is -0.401. The third-order valence-electron chi connectivity index (χ3n) is 5.40. The van der Waals surface area contributed by atoms with Crippen LogP contribution >= 0.6 is 11.6 Å². The zero-order valence-electron chi connectivity index (χ0n) is 17.1. The number of imidazole rings is 1. The Labute approximate surface area is 183 Å². The van der Waals surface area contributed by atoms with E-state index < -0.39 is 5.82 Å². The van der Waals surface area contributed by atoms with Crippen LogP contribution in [-0.4, -0.2) is 40.8 Å². The first-order valence-corrected chi connectivity index (χ1v) is 10.5. The van der Waals surface area contributed by atoms with Gasteiger partial charge in [-0.1, -0.05) is 25.4 Å². The molecule has 0 radical (unpaired) electrons. The Morgan fingerprint density at radius 3 is 2.81 bits per heavy atom. The molecular formula is C21H20ClFN8. The highest BCUT2D eigenvalue weighted by Gasteiger charge is 2.33. The maximum absolute atomic E-state index is 13.5. The van der Waals surface area contributed by atoms with Gasteiger partial charge in [-0.15, -0.1) is 10.2 Å². The van der Waals surface area contributed by atoms with E-state index in [1.54, 1.807) is 35.6 Å². The number of benzene rings is 1. The van der Waals surface area contributed by atoms with Crippen molar-refractivity contribution < 1.29 is 4.39 Å². The van der Waals surface area contributed by atoms with Crippen molar-refractivity contribution in [2.75, 3.05) is 11.4 Å². The summed E-state index contributed by atoms with van der Waals surface area (Å²) < 4.78 is 17.2. The van der Waals surface area contributed by atoms with Gasteiger partial charge in [-0.05, 0) is 31.0 Å². The van der Waals surface area contributed by atoms with Gasteiger partial charge in [-0.2, -0.15) is 4.98 Å². The molecule has 0 unspecified atom stereocenters. The van der Waals surface area contributed by atoms with Crippen LogP contribution in [0.4, 0.5) is 10.2 Å². The van der Waals surface area contributed by atoms with E-state index >= 15 is 0 Å². The minimum Gasteiger partial charge on any atom is -0.344 e. The van der Waals surface area contributed by atoms with Crippen LogP contribution in [-0.2, 0) is 0 Å². The fourth-order valence-electron chi connectivity index (χ4n) is 4.04. The standard InChI is InChI=1S/C21H20ClFN8/c1-3-8-29-16(4-2)20-28-26-12-31(20)17-11-25-21(27-19(17)29)30-9-7-24-18(30)14-6-5-13(23)10-15(14)22/h5-7,9-12,16H,3-4,8H2,1-2H3/t16-/m1/s1. The summed E-state index contributed by atoms with van der Waals surface area (Å²) >= 11 is 6.28. The Hall–Kier alpha value is -3.33. The molecule has 158 valence electrons. The zero-order chi connectivity index (χ0) is 21.5. The molecule has 5 rings (SSSR count). The lowest BCUT2D eigenvalue weighted by Crippen LogP contribution is -2.36. The minimum absolute atomic E-state index is 0.0755. The molecule has 0 amide bonds. The van der Waals surface area contributed by atoms with Crippen LogP contribution < -0.4 is 4.90 Å². The fourth-order valence-corrected chi connectivity index (χ4v) is 4.29. The molecule has 1 aromatic carbocycles. The van der Waals surface area contributed by atoms with E-state index in [-0.39, 0.29) is 11.1 Å². The molecule has 4 heterocycles. The highest BCUT2D eigenvalue weighted by Crippen LogP contribution is 2.38. The van der Waals surface area contributed by atoms with Crippen LogP contribution in [0.3, 0.4) is 0 Å². The Morgan fingerprint density at radius 1 is 1.16 bits per heavy atom. The largest absolute Gasteiger partial charge is 0.344 e. The molecule has 0 spiro atoms. The van der Waals surface area contributed by atoms with E-state index in [1.807, 2.05) is 4.57 Å². The van der Waals surface area contributed by atoms with Gasteiger partial charge in [0.2, 0.25) is 5.95 Å². The second-order valence-corrected chi connectivity index (χ2v) is 7.71. The van der Waals surface area contributed by atoms with Crippen molar-refractivity contribution in [3.8, 4) is 23.0 Å².